The highest BCUT2D eigenvalue weighted by Gasteiger charge is 2.25. The van der Waals surface area contributed by atoms with E-state index >= 15 is 0 Å². The van der Waals surface area contributed by atoms with Gasteiger partial charge in [0, 0.05) is 5.02 Å². The number of aromatic nitrogens is 2. The molecule has 29 heavy (non-hydrogen) atoms. The van der Waals surface area contributed by atoms with Crippen LogP contribution in [0.1, 0.15) is 52.9 Å². The Balaban J connectivity index is 2.68. The van der Waals surface area contributed by atoms with E-state index in [-0.39, 0.29) is 6.10 Å². The van der Waals surface area contributed by atoms with Crippen molar-refractivity contribution in [1.29, 1.82) is 0 Å². The maximum absolute atomic E-state index is 6.37. The molecule has 0 aliphatic carbocycles. The van der Waals surface area contributed by atoms with Gasteiger partial charge in [0.15, 0.2) is 0 Å². The number of hydrogen-bond donors (Lipinski definition) is 0. The molecule has 2 aromatic rings. The lowest BCUT2D eigenvalue weighted by atomic mass is 9.96. The van der Waals surface area contributed by atoms with Crippen LogP contribution >= 0.6 is 11.6 Å². The monoisotopic (exact) mass is 420 g/mol. The fourth-order valence-electron chi connectivity index (χ4n) is 3.54. The van der Waals surface area contributed by atoms with E-state index in [9.17, 15) is 0 Å². The van der Waals surface area contributed by atoms with Crippen LogP contribution in [0.2, 0.25) is 5.02 Å². The van der Waals surface area contributed by atoms with Crippen molar-refractivity contribution >= 4 is 11.6 Å². The molecule has 2 rings (SSSR count). The molecule has 0 N–H and O–H groups in total. The van der Waals surface area contributed by atoms with E-state index in [0.717, 1.165) is 22.6 Å². The summed E-state index contributed by atoms with van der Waals surface area (Å²) in [6.07, 6.45) is 1.48. The number of nitrogens with zero attached hydrogens (tertiary/aromatic N) is 2. The molecule has 5 nitrogen and oxygen atoms in total. The Hall–Kier alpha value is -2.01. The summed E-state index contributed by atoms with van der Waals surface area (Å²) in [5.41, 5.74) is 3.16. The minimum absolute atomic E-state index is 0.0739. The minimum atomic E-state index is 0.0739. The Morgan fingerprint density at radius 2 is 1.38 bits per heavy atom. The molecule has 0 aliphatic rings. The van der Waals surface area contributed by atoms with Gasteiger partial charge in [-0.3, -0.25) is 0 Å². The van der Waals surface area contributed by atoms with Gasteiger partial charge in [0.05, 0.1) is 31.2 Å². The summed E-state index contributed by atoms with van der Waals surface area (Å²) < 4.78 is 17.5. The van der Waals surface area contributed by atoms with Gasteiger partial charge in [-0.15, -0.1) is 0 Å². The molecule has 6 heteroatoms. The zero-order valence-corrected chi connectivity index (χ0v) is 19.6. The van der Waals surface area contributed by atoms with Crippen LogP contribution in [0.3, 0.4) is 0 Å². The second-order valence-electron chi connectivity index (χ2n) is 7.73. The molecule has 0 unspecified atom stereocenters. The second-order valence-corrected chi connectivity index (χ2v) is 8.17. The van der Waals surface area contributed by atoms with Gasteiger partial charge >= 0.3 is 0 Å². The molecule has 0 aliphatic heterocycles. The normalized spacial score (nSPS) is 11.4. The van der Waals surface area contributed by atoms with Gasteiger partial charge in [-0.2, -0.15) is 0 Å². The van der Waals surface area contributed by atoms with E-state index in [1.807, 2.05) is 0 Å². The van der Waals surface area contributed by atoms with Gasteiger partial charge < -0.3 is 14.2 Å². The molecule has 1 heterocycles. The van der Waals surface area contributed by atoms with E-state index in [1.165, 1.54) is 0 Å². The van der Waals surface area contributed by atoms with Crippen molar-refractivity contribution in [2.24, 2.45) is 11.8 Å². The maximum atomic E-state index is 6.37. The molecule has 1 aromatic carbocycles. The van der Waals surface area contributed by atoms with E-state index in [1.54, 1.807) is 26.4 Å². The van der Waals surface area contributed by atoms with Gasteiger partial charge in [0.2, 0.25) is 5.88 Å². The number of aryl methyl sites for hydroxylation is 2. The fourth-order valence-corrected chi connectivity index (χ4v) is 3.74. The Kier molecular flexibility index (Phi) is 8.14. The van der Waals surface area contributed by atoms with Crippen LogP contribution in [-0.2, 0) is 12.8 Å². The van der Waals surface area contributed by atoms with Crippen LogP contribution in [0.4, 0.5) is 0 Å². The number of ether oxygens (including phenoxy) is 3. The van der Waals surface area contributed by atoms with Crippen molar-refractivity contribution in [3.8, 4) is 28.6 Å². The number of rotatable bonds is 9. The molecule has 0 saturated carbocycles. The first-order valence-corrected chi connectivity index (χ1v) is 10.6. The highest BCUT2D eigenvalue weighted by molar-refractivity contribution is 6.31. The Morgan fingerprint density at radius 3 is 1.79 bits per heavy atom. The molecule has 0 fully saturated rings. The van der Waals surface area contributed by atoms with E-state index in [4.69, 9.17) is 35.8 Å². The van der Waals surface area contributed by atoms with Crippen molar-refractivity contribution in [2.75, 3.05) is 14.2 Å². The van der Waals surface area contributed by atoms with E-state index in [0.29, 0.717) is 47.1 Å². The van der Waals surface area contributed by atoms with E-state index in [2.05, 4.69) is 41.5 Å². The summed E-state index contributed by atoms with van der Waals surface area (Å²) in [6, 6.07) is 3.54. The van der Waals surface area contributed by atoms with Crippen LogP contribution in [-0.4, -0.2) is 30.3 Å². The first-order valence-electron chi connectivity index (χ1n) is 10.3. The largest absolute Gasteiger partial charge is 0.496 e. The van der Waals surface area contributed by atoms with Crippen LogP contribution < -0.4 is 14.2 Å². The van der Waals surface area contributed by atoms with Gasteiger partial charge in [-0.05, 0) is 36.8 Å². The molecule has 0 bridgehead atoms. The number of halogens is 1. The molecule has 0 spiro atoms. The average molecular weight is 421 g/mol. The molecule has 0 saturated heterocycles. The summed E-state index contributed by atoms with van der Waals surface area (Å²) in [6.45, 7) is 12.8. The van der Waals surface area contributed by atoms with Crippen molar-refractivity contribution in [1.82, 2.24) is 9.97 Å². The summed E-state index contributed by atoms with van der Waals surface area (Å²) in [5, 5.41) is 0.542. The topological polar surface area (TPSA) is 53.5 Å². The lowest BCUT2D eigenvalue weighted by molar-refractivity contribution is 0.0976. The Labute approximate surface area is 179 Å². The zero-order chi connectivity index (χ0) is 21.7. The standard InChI is InChI=1S/C23H33ClN2O3/c1-9-16-21(20-18(27-7)11-15(24)12-19(20)28-8)25-17(10-2)23(26-16)29-22(13(3)4)14(5)6/h11-14,22H,9-10H2,1-8H3. The van der Waals surface area contributed by atoms with Crippen molar-refractivity contribution < 1.29 is 14.2 Å². The summed E-state index contributed by atoms with van der Waals surface area (Å²) >= 11 is 6.22. The van der Waals surface area contributed by atoms with Crippen LogP contribution in [0.25, 0.3) is 11.3 Å². The molecular weight excluding hydrogens is 388 g/mol. The molecule has 0 amide bonds. The Morgan fingerprint density at radius 1 is 0.862 bits per heavy atom. The molecule has 0 radical (unpaired) electrons. The minimum Gasteiger partial charge on any atom is -0.496 e. The third kappa shape index (κ3) is 5.13. The molecular formula is C23H33ClN2O3. The summed E-state index contributed by atoms with van der Waals surface area (Å²) in [7, 11) is 3.23. The summed E-state index contributed by atoms with van der Waals surface area (Å²) in [5.74, 6) is 2.59. The van der Waals surface area contributed by atoms with Gasteiger partial charge in [0.25, 0.3) is 0 Å². The molecule has 0 atom stereocenters. The van der Waals surface area contributed by atoms with Crippen molar-refractivity contribution in [2.45, 2.75) is 60.5 Å². The highest BCUT2D eigenvalue weighted by atomic mass is 35.5. The molecule has 1 aromatic heterocycles. The number of hydrogen-bond acceptors (Lipinski definition) is 5. The first-order chi connectivity index (χ1) is 13.8. The fraction of sp³-hybridized carbons (Fsp3) is 0.565. The SMILES string of the molecule is CCc1nc(-c2c(OC)cc(Cl)cc2OC)c(CC)nc1OC(C(C)C)C(C)C. The third-order valence-electron chi connectivity index (χ3n) is 4.94. The smallest absolute Gasteiger partial charge is 0.236 e. The quantitative estimate of drug-likeness (QED) is 0.498. The lowest BCUT2D eigenvalue weighted by Gasteiger charge is -2.27. The first kappa shape index (κ1) is 23.3. The highest BCUT2D eigenvalue weighted by Crippen LogP contribution is 2.42. The van der Waals surface area contributed by atoms with Gasteiger partial charge in [0.1, 0.15) is 23.3 Å². The Bertz CT molecular complexity index is 804. The number of benzene rings is 1. The van der Waals surface area contributed by atoms with Crippen LogP contribution in [0.5, 0.6) is 17.4 Å². The van der Waals surface area contributed by atoms with Crippen molar-refractivity contribution in [3.63, 3.8) is 0 Å². The average Bonchev–Trinajstić information content (AvgIpc) is 2.70. The zero-order valence-electron chi connectivity index (χ0n) is 18.8. The van der Waals surface area contributed by atoms with Crippen LogP contribution in [0.15, 0.2) is 12.1 Å². The van der Waals surface area contributed by atoms with E-state index < -0.39 is 0 Å². The summed E-state index contributed by atoms with van der Waals surface area (Å²) in [4.78, 5) is 9.85. The van der Waals surface area contributed by atoms with Crippen LogP contribution in [0, 0.1) is 11.8 Å². The third-order valence-corrected chi connectivity index (χ3v) is 5.16. The predicted molar refractivity (Wildman–Crippen MR) is 118 cm³/mol. The van der Waals surface area contributed by atoms with Gasteiger partial charge in [-0.25, -0.2) is 9.97 Å². The second kappa shape index (κ2) is 10.1. The molecule has 160 valence electrons. The predicted octanol–water partition coefficient (Wildman–Crippen LogP) is 6.00. The lowest BCUT2D eigenvalue weighted by Crippen LogP contribution is -2.30. The van der Waals surface area contributed by atoms with Crippen molar-refractivity contribution in [3.05, 3.63) is 28.5 Å². The number of methoxy groups -OCH3 is 2. The maximum Gasteiger partial charge on any atom is 0.236 e. The van der Waals surface area contributed by atoms with Gasteiger partial charge in [-0.1, -0.05) is 53.1 Å².